The summed E-state index contributed by atoms with van der Waals surface area (Å²) >= 11 is 6.25. The summed E-state index contributed by atoms with van der Waals surface area (Å²) in [5.74, 6) is -3.59. The Kier molecular flexibility index (Phi) is 10.2. The molecule has 6 atom stereocenters. The highest BCUT2D eigenvalue weighted by molar-refractivity contribution is 6.39. The monoisotopic (exact) mass is 716 g/mol. The fraction of sp³-hybridized carbons (Fsp3) is 0.513. The van der Waals surface area contributed by atoms with Crippen molar-refractivity contribution >= 4 is 52.4 Å². The fourth-order valence-electron chi connectivity index (χ4n) is 7.16. The van der Waals surface area contributed by atoms with Crippen LogP contribution in [0.25, 0.3) is 0 Å². The second-order valence-corrected chi connectivity index (χ2v) is 16.0. The third kappa shape index (κ3) is 8.08. The molecule has 2 saturated carbocycles. The molecule has 2 aliphatic heterocycles. The van der Waals surface area contributed by atoms with Gasteiger partial charge in [-0.25, -0.2) is 0 Å². The number of ketones is 3. The highest BCUT2D eigenvalue weighted by Crippen LogP contribution is 2.43. The van der Waals surface area contributed by atoms with Crippen LogP contribution in [0.5, 0.6) is 0 Å². The summed E-state index contributed by atoms with van der Waals surface area (Å²) in [6.45, 7) is 7.07. The van der Waals surface area contributed by atoms with Crippen molar-refractivity contribution in [2.45, 2.75) is 96.4 Å². The summed E-state index contributed by atoms with van der Waals surface area (Å²) < 4.78 is 0. The standard InChI is InChI=1S/C39H45ClN4O7/c1-5-31(45)33(47)28(16-22-14-15-22)41-36(49)30-20-39(19-29(43-51-39)24-12-9-13-25(40)17-24)21-44(30)37(50)34(38(2,3)4)42-35(48)27-18-26(27)32(46)23-10-7-6-8-11-23/h6-13,17,22,26-28,30,34H,5,14-16,18-21H2,1-4H3,(H,41,49)(H,42,48)/t26-,27?,28+,30+,34-,39-/m1/s1. The highest BCUT2D eigenvalue weighted by atomic mass is 35.5. The minimum Gasteiger partial charge on any atom is -0.387 e. The molecular weight excluding hydrogens is 672 g/mol. The van der Waals surface area contributed by atoms with E-state index in [1.807, 2.05) is 32.9 Å². The lowest BCUT2D eigenvalue weighted by Gasteiger charge is -2.35. The Hall–Kier alpha value is -4.38. The number of amides is 3. The lowest BCUT2D eigenvalue weighted by molar-refractivity contribution is -0.145. The van der Waals surface area contributed by atoms with E-state index in [9.17, 15) is 28.8 Å². The first-order valence-electron chi connectivity index (χ1n) is 17.8. The fourth-order valence-corrected chi connectivity index (χ4v) is 7.35. The minimum atomic E-state index is -1.08. The molecule has 2 aromatic rings. The van der Waals surface area contributed by atoms with Crippen molar-refractivity contribution in [3.63, 3.8) is 0 Å². The molecule has 11 nitrogen and oxygen atoms in total. The normalized spacial score (nSPS) is 25.0. The van der Waals surface area contributed by atoms with Crippen molar-refractivity contribution in [2.24, 2.45) is 28.3 Å². The molecule has 51 heavy (non-hydrogen) atoms. The third-order valence-electron chi connectivity index (χ3n) is 10.4. The van der Waals surface area contributed by atoms with Gasteiger partial charge in [0.1, 0.15) is 12.1 Å². The molecule has 1 spiro atoms. The van der Waals surface area contributed by atoms with Gasteiger partial charge in [-0.2, -0.15) is 0 Å². The van der Waals surface area contributed by atoms with Crippen LogP contribution in [-0.2, 0) is 28.8 Å². The number of halogens is 1. The van der Waals surface area contributed by atoms with E-state index in [0.717, 1.165) is 18.4 Å². The van der Waals surface area contributed by atoms with Crippen LogP contribution in [0.15, 0.2) is 59.8 Å². The van der Waals surface area contributed by atoms with Crippen molar-refractivity contribution in [1.82, 2.24) is 15.5 Å². The average Bonchev–Trinajstić information content (AvgIpc) is 4.03. The molecule has 4 aliphatic rings. The quantitative estimate of drug-likeness (QED) is 0.226. The zero-order valence-electron chi connectivity index (χ0n) is 29.4. The molecule has 1 unspecified atom stereocenters. The molecule has 0 aromatic heterocycles. The number of hydrogen-bond donors (Lipinski definition) is 2. The molecule has 1 saturated heterocycles. The summed E-state index contributed by atoms with van der Waals surface area (Å²) in [7, 11) is 0. The van der Waals surface area contributed by atoms with E-state index in [1.54, 1.807) is 49.4 Å². The van der Waals surface area contributed by atoms with Gasteiger partial charge in [0.05, 0.1) is 18.3 Å². The molecule has 0 radical (unpaired) electrons. The molecule has 12 heteroatoms. The molecule has 2 heterocycles. The number of nitrogens with one attached hydrogen (secondary N) is 2. The van der Waals surface area contributed by atoms with Gasteiger partial charge in [-0.3, -0.25) is 28.8 Å². The molecule has 2 N–H and O–H groups in total. The summed E-state index contributed by atoms with van der Waals surface area (Å²) in [5, 5.41) is 10.6. The predicted octanol–water partition coefficient (Wildman–Crippen LogP) is 4.69. The van der Waals surface area contributed by atoms with E-state index in [-0.39, 0.29) is 37.5 Å². The Morgan fingerprint density at radius 2 is 1.71 bits per heavy atom. The van der Waals surface area contributed by atoms with Gasteiger partial charge in [0.15, 0.2) is 17.2 Å². The lowest BCUT2D eigenvalue weighted by atomic mass is 9.85. The SMILES string of the molecule is CCC(=O)C(=O)[C@H](CC1CC1)NC(=O)[C@@H]1C[C@]2(CC(c3cccc(Cl)c3)=NO2)CN1C(=O)[C@@H](NC(=O)C1C[C@H]1C(=O)c1ccccc1)C(C)(C)C. The van der Waals surface area contributed by atoms with Crippen molar-refractivity contribution < 1.29 is 33.6 Å². The van der Waals surface area contributed by atoms with Gasteiger partial charge < -0.3 is 20.4 Å². The Labute approximate surface area is 302 Å². The van der Waals surface area contributed by atoms with E-state index in [2.05, 4.69) is 15.8 Å². The van der Waals surface area contributed by atoms with E-state index < -0.39 is 70.3 Å². The van der Waals surface area contributed by atoms with Crippen LogP contribution in [-0.4, -0.2) is 76.0 Å². The van der Waals surface area contributed by atoms with E-state index in [1.165, 1.54) is 4.90 Å². The van der Waals surface area contributed by atoms with Gasteiger partial charge in [-0.15, -0.1) is 0 Å². The number of oxime groups is 1. The van der Waals surface area contributed by atoms with Crippen LogP contribution in [0.3, 0.4) is 0 Å². The van der Waals surface area contributed by atoms with Crippen LogP contribution in [0, 0.1) is 23.2 Å². The number of Topliss-reactive ketones (excluding diaryl/α,β-unsaturated/α-hetero) is 3. The van der Waals surface area contributed by atoms with E-state index in [4.69, 9.17) is 16.4 Å². The first kappa shape index (κ1) is 36.4. The number of carbonyl (C=O) groups excluding carboxylic acids is 6. The maximum atomic E-state index is 14.7. The number of hydrogen-bond acceptors (Lipinski definition) is 8. The Morgan fingerprint density at radius 3 is 2.35 bits per heavy atom. The van der Waals surface area contributed by atoms with Gasteiger partial charge in [0.25, 0.3) is 0 Å². The lowest BCUT2D eigenvalue weighted by Crippen LogP contribution is -2.59. The first-order valence-corrected chi connectivity index (χ1v) is 18.2. The van der Waals surface area contributed by atoms with E-state index >= 15 is 0 Å². The minimum absolute atomic E-state index is 0.00634. The van der Waals surface area contributed by atoms with Crippen LogP contribution < -0.4 is 10.6 Å². The Bertz CT molecular complexity index is 1770. The molecule has 2 aliphatic carbocycles. The summed E-state index contributed by atoms with van der Waals surface area (Å²) in [4.78, 5) is 88.5. The summed E-state index contributed by atoms with van der Waals surface area (Å²) in [6, 6.07) is 12.9. The van der Waals surface area contributed by atoms with Crippen molar-refractivity contribution in [3.8, 4) is 0 Å². The van der Waals surface area contributed by atoms with Crippen LogP contribution in [0.1, 0.15) is 88.6 Å². The van der Waals surface area contributed by atoms with Gasteiger partial charge in [0, 0.05) is 47.2 Å². The van der Waals surface area contributed by atoms with Crippen LogP contribution in [0.4, 0.5) is 0 Å². The second kappa shape index (κ2) is 14.3. The van der Waals surface area contributed by atoms with Gasteiger partial charge in [0.2, 0.25) is 23.5 Å². The Balaban J connectivity index is 1.24. The largest absolute Gasteiger partial charge is 0.387 e. The predicted molar refractivity (Wildman–Crippen MR) is 190 cm³/mol. The number of rotatable bonds is 13. The Morgan fingerprint density at radius 1 is 0.980 bits per heavy atom. The first-order chi connectivity index (χ1) is 24.2. The van der Waals surface area contributed by atoms with Gasteiger partial charge in [-0.1, -0.05) is 99.8 Å². The number of nitrogens with zero attached hydrogens (tertiary/aromatic N) is 2. The third-order valence-corrected chi connectivity index (χ3v) is 10.6. The smallest absolute Gasteiger partial charge is 0.246 e. The van der Waals surface area contributed by atoms with Gasteiger partial charge in [-0.05, 0) is 36.3 Å². The highest BCUT2D eigenvalue weighted by Gasteiger charge is 2.56. The summed E-state index contributed by atoms with van der Waals surface area (Å²) in [6.07, 6.45) is 2.96. The maximum absolute atomic E-state index is 14.7. The zero-order valence-corrected chi connectivity index (χ0v) is 30.2. The second-order valence-electron chi connectivity index (χ2n) is 15.6. The molecule has 6 rings (SSSR count). The molecule has 270 valence electrons. The molecule has 3 fully saturated rings. The molecular formula is C39H45ClN4O7. The molecule has 3 amide bonds. The summed E-state index contributed by atoms with van der Waals surface area (Å²) in [5.41, 5.74) is 0.0641. The van der Waals surface area contributed by atoms with E-state index in [0.29, 0.717) is 29.1 Å². The van der Waals surface area contributed by atoms with Crippen molar-refractivity contribution in [1.29, 1.82) is 0 Å². The van der Waals surface area contributed by atoms with Crippen molar-refractivity contribution in [2.75, 3.05) is 6.54 Å². The number of carbonyl (C=O) groups is 6. The number of benzene rings is 2. The van der Waals surface area contributed by atoms with Crippen LogP contribution in [0.2, 0.25) is 5.02 Å². The van der Waals surface area contributed by atoms with Gasteiger partial charge >= 0.3 is 0 Å². The number of likely N-dealkylation sites (tertiary alicyclic amines) is 1. The topological polar surface area (TPSA) is 151 Å². The molecule has 0 bridgehead atoms. The molecule has 2 aromatic carbocycles. The van der Waals surface area contributed by atoms with Crippen molar-refractivity contribution in [3.05, 3.63) is 70.7 Å². The van der Waals surface area contributed by atoms with Crippen LogP contribution >= 0.6 is 11.6 Å². The average molecular weight is 717 g/mol. The maximum Gasteiger partial charge on any atom is 0.246 e. The zero-order chi connectivity index (χ0) is 36.7.